The largest absolute Gasteiger partial charge is 0.457 e. The third kappa shape index (κ3) is 28.6. The van der Waals surface area contributed by atoms with E-state index in [4.69, 9.17) is 18.9 Å². The van der Waals surface area contributed by atoms with Crippen molar-refractivity contribution in [3.05, 3.63) is 72.9 Å². The van der Waals surface area contributed by atoms with Crippen LogP contribution in [0, 0.1) is 0 Å². The van der Waals surface area contributed by atoms with Gasteiger partial charge in [0.2, 0.25) is 0 Å². The summed E-state index contributed by atoms with van der Waals surface area (Å²) in [6.07, 6.45) is 40.7. The lowest BCUT2D eigenvalue weighted by Gasteiger charge is -2.39. The van der Waals surface area contributed by atoms with Crippen LogP contribution >= 0.6 is 0 Å². The van der Waals surface area contributed by atoms with Gasteiger partial charge in [-0.25, -0.2) is 0 Å². The molecule has 0 spiro atoms. The fourth-order valence-corrected chi connectivity index (χ4v) is 5.98. The Kier molecular flexibility index (Phi) is 34.3. The fourth-order valence-electron chi connectivity index (χ4n) is 5.98. The molecule has 316 valence electrons. The van der Waals surface area contributed by atoms with Gasteiger partial charge < -0.3 is 39.4 Å². The van der Waals surface area contributed by atoms with E-state index < -0.39 is 43.4 Å². The number of aliphatic hydroxyl groups excluding tert-OH is 4. The molecule has 1 rings (SSSR count). The zero-order valence-electron chi connectivity index (χ0n) is 34.4. The van der Waals surface area contributed by atoms with Crippen LogP contribution < -0.4 is 0 Å². The van der Waals surface area contributed by atoms with Crippen molar-refractivity contribution >= 4 is 5.97 Å². The van der Waals surface area contributed by atoms with Gasteiger partial charge in [0.25, 0.3) is 0 Å². The van der Waals surface area contributed by atoms with Crippen molar-refractivity contribution in [3.8, 4) is 0 Å². The summed E-state index contributed by atoms with van der Waals surface area (Å²) in [7, 11) is 0. The Labute approximate surface area is 334 Å². The molecule has 6 unspecified atom stereocenters. The molecule has 1 saturated heterocycles. The Bertz CT molecular complexity index is 1060. The second kappa shape index (κ2) is 37.2. The van der Waals surface area contributed by atoms with E-state index in [1.165, 1.54) is 38.5 Å². The first kappa shape index (κ1) is 50.6. The molecule has 0 radical (unpaired) electrons. The molecule has 1 fully saturated rings. The van der Waals surface area contributed by atoms with Crippen LogP contribution in [0.25, 0.3) is 0 Å². The standard InChI is InChI=1S/C46H78O9/c1-3-5-7-9-11-13-15-17-19-20-21-22-24-26-28-30-32-34-36-52-38-40(39-53-46-45(51)44(50)43(49)41(37-47)55-46)54-42(48)35-33-31-29-27-25-23-18-16-14-12-10-8-6-4-2/h5,7,11,13,16-19,21-22,26,28,40-41,43-47,49-51H,3-4,6,8-10,12,14-15,20,23-25,27,29-39H2,1-2H3/b7-5-,13-11-,18-16-,19-17-,22-21-,28-26-. The third-order valence-corrected chi connectivity index (χ3v) is 9.36. The first-order valence-corrected chi connectivity index (χ1v) is 21.5. The second-order valence-corrected chi connectivity index (χ2v) is 14.4. The van der Waals surface area contributed by atoms with Crippen LogP contribution in [-0.4, -0.2) is 89.6 Å². The minimum absolute atomic E-state index is 0.108. The van der Waals surface area contributed by atoms with Crippen LogP contribution in [0.4, 0.5) is 0 Å². The summed E-state index contributed by atoms with van der Waals surface area (Å²) < 4.78 is 22.7. The molecule has 0 aromatic carbocycles. The van der Waals surface area contributed by atoms with E-state index in [1.54, 1.807) is 0 Å². The third-order valence-electron chi connectivity index (χ3n) is 9.36. The van der Waals surface area contributed by atoms with Gasteiger partial charge in [0.05, 0.1) is 19.8 Å². The molecule has 0 aromatic rings. The van der Waals surface area contributed by atoms with E-state index in [9.17, 15) is 25.2 Å². The number of esters is 1. The first-order valence-electron chi connectivity index (χ1n) is 21.5. The maximum Gasteiger partial charge on any atom is 0.306 e. The summed E-state index contributed by atoms with van der Waals surface area (Å²) in [5.74, 6) is -0.341. The summed E-state index contributed by atoms with van der Waals surface area (Å²) >= 11 is 0. The van der Waals surface area contributed by atoms with Crippen LogP contribution in [-0.2, 0) is 23.7 Å². The summed E-state index contributed by atoms with van der Waals surface area (Å²) in [6.45, 7) is 4.29. The minimum atomic E-state index is -1.55. The number of allylic oxidation sites excluding steroid dienone is 12. The number of ether oxygens (including phenoxy) is 4. The average molecular weight is 775 g/mol. The van der Waals surface area contributed by atoms with E-state index >= 15 is 0 Å². The first-order chi connectivity index (χ1) is 26.9. The van der Waals surface area contributed by atoms with Gasteiger partial charge in [-0.1, -0.05) is 132 Å². The van der Waals surface area contributed by atoms with Gasteiger partial charge in [-0.15, -0.1) is 0 Å². The van der Waals surface area contributed by atoms with Crippen molar-refractivity contribution in [2.45, 2.75) is 185 Å². The number of unbranched alkanes of at least 4 members (excludes halogenated alkanes) is 12. The summed E-state index contributed by atoms with van der Waals surface area (Å²) in [5.41, 5.74) is 0. The smallest absolute Gasteiger partial charge is 0.306 e. The predicted molar refractivity (Wildman–Crippen MR) is 224 cm³/mol. The molecule has 1 aliphatic heterocycles. The van der Waals surface area contributed by atoms with Gasteiger partial charge in [0.15, 0.2) is 6.29 Å². The van der Waals surface area contributed by atoms with Crippen LogP contribution in [0.5, 0.6) is 0 Å². The van der Waals surface area contributed by atoms with Gasteiger partial charge in [-0.3, -0.25) is 4.79 Å². The highest BCUT2D eigenvalue weighted by Crippen LogP contribution is 2.22. The van der Waals surface area contributed by atoms with Gasteiger partial charge in [0, 0.05) is 13.0 Å². The molecule has 6 atom stereocenters. The Morgan fingerprint density at radius 2 is 1.11 bits per heavy atom. The summed E-state index contributed by atoms with van der Waals surface area (Å²) in [4.78, 5) is 12.7. The molecule has 0 aliphatic carbocycles. The summed E-state index contributed by atoms with van der Waals surface area (Å²) in [6, 6.07) is 0. The lowest BCUT2D eigenvalue weighted by molar-refractivity contribution is -0.305. The van der Waals surface area contributed by atoms with Crippen LogP contribution in [0.3, 0.4) is 0 Å². The van der Waals surface area contributed by atoms with Gasteiger partial charge >= 0.3 is 5.97 Å². The maximum atomic E-state index is 12.7. The van der Waals surface area contributed by atoms with Crippen molar-refractivity contribution < 1.29 is 44.2 Å². The zero-order chi connectivity index (χ0) is 40.0. The second-order valence-electron chi connectivity index (χ2n) is 14.4. The monoisotopic (exact) mass is 775 g/mol. The van der Waals surface area contributed by atoms with E-state index in [-0.39, 0.29) is 19.2 Å². The van der Waals surface area contributed by atoms with Crippen molar-refractivity contribution in [2.75, 3.05) is 26.4 Å². The lowest BCUT2D eigenvalue weighted by Crippen LogP contribution is -2.59. The minimum Gasteiger partial charge on any atom is -0.457 e. The SMILES string of the molecule is CC/C=C\C/C=C\C/C=C\C/C=C\C/C=C\CCCCOCC(COC1OC(CO)C(O)C(O)C1O)OC(=O)CCCCCCC/C=C\CCCCCCC. The Balaban J connectivity index is 2.34. The van der Waals surface area contributed by atoms with Crippen LogP contribution in [0.1, 0.15) is 149 Å². The highest BCUT2D eigenvalue weighted by atomic mass is 16.7. The molecule has 4 N–H and O–H groups in total. The van der Waals surface area contributed by atoms with E-state index in [0.29, 0.717) is 13.0 Å². The molecule has 0 bridgehead atoms. The fraction of sp³-hybridized carbons (Fsp3) is 0.717. The molecular weight excluding hydrogens is 696 g/mol. The zero-order valence-corrected chi connectivity index (χ0v) is 34.4. The van der Waals surface area contributed by atoms with Crippen molar-refractivity contribution in [1.29, 1.82) is 0 Å². The number of carbonyl (C=O) groups is 1. The number of aliphatic hydroxyl groups is 4. The Morgan fingerprint density at radius 1 is 0.600 bits per heavy atom. The highest BCUT2D eigenvalue weighted by molar-refractivity contribution is 5.69. The Hall–Kier alpha value is -2.37. The highest BCUT2D eigenvalue weighted by Gasteiger charge is 2.44. The van der Waals surface area contributed by atoms with Crippen LogP contribution in [0.2, 0.25) is 0 Å². The van der Waals surface area contributed by atoms with Gasteiger partial charge in [0.1, 0.15) is 30.5 Å². The molecule has 0 aromatic heterocycles. The number of rotatable bonds is 35. The van der Waals surface area contributed by atoms with E-state index in [2.05, 4.69) is 86.8 Å². The molecular formula is C46H78O9. The normalized spacial score (nSPS) is 21.5. The number of carbonyl (C=O) groups excluding carboxylic acids is 1. The maximum absolute atomic E-state index is 12.7. The van der Waals surface area contributed by atoms with Gasteiger partial charge in [-0.05, 0) is 83.5 Å². The molecule has 0 saturated carbocycles. The number of hydrogen-bond acceptors (Lipinski definition) is 9. The molecule has 55 heavy (non-hydrogen) atoms. The van der Waals surface area contributed by atoms with Gasteiger partial charge in [-0.2, -0.15) is 0 Å². The van der Waals surface area contributed by atoms with E-state index in [1.807, 2.05) is 0 Å². The predicted octanol–water partition coefficient (Wildman–Crippen LogP) is 9.30. The molecule has 1 heterocycles. The van der Waals surface area contributed by atoms with Crippen LogP contribution in [0.15, 0.2) is 72.9 Å². The topological polar surface area (TPSA) is 135 Å². The van der Waals surface area contributed by atoms with Crippen molar-refractivity contribution in [2.24, 2.45) is 0 Å². The molecule has 9 nitrogen and oxygen atoms in total. The summed E-state index contributed by atoms with van der Waals surface area (Å²) in [5, 5.41) is 40.1. The van der Waals surface area contributed by atoms with Crippen molar-refractivity contribution in [3.63, 3.8) is 0 Å². The Morgan fingerprint density at radius 3 is 1.69 bits per heavy atom. The van der Waals surface area contributed by atoms with Crippen molar-refractivity contribution in [1.82, 2.24) is 0 Å². The quantitative estimate of drug-likeness (QED) is 0.0282. The lowest BCUT2D eigenvalue weighted by atomic mass is 9.99. The van der Waals surface area contributed by atoms with E-state index in [0.717, 1.165) is 89.9 Å². The molecule has 9 heteroatoms. The molecule has 1 aliphatic rings. The number of hydrogen-bond donors (Lipinski definition) is 4. The molecule has 0 amide bonds. The average Bonchev–Trinajstić information content (AvgIpc) is 3.18.